The summed E-state index contributed by atoms with van der Waals surface area (Å²) in [5.74, 6) is -1.41. The zero-order valence-corrected chi connectivity index (χ0v) is 8.81. The average Bonchev–Trinajstić information content (AvgIpc) is 2.24. The van der Waals surface area contributed by atoms with Crippen molar-refractivity contribution in [2.75, 3.05) is 6.61 Å². The SMILES string of the molecule is CCCO[C@@H]1OC(C(=O)O)[C@@H](O)C(O)C1O. The van der Waals surface area contributed by atoms with Gasteiger partial charge in [-0.2, -0.15) is 0 Å². The Balaban J connectivity index is 2.69. The molecule has 0 aromatic rings. The summed E-state index contributed by atoms with van der Waals surface area (Å²) < 4.78 is 9.90. The molecule has 0 aliphatic carbocycles. The van der Waals surface area contributed by atoms with Crippen LogP contribution in [-0.2, 0) is 14.3 Å². The van der Waals surface area contributed by atoms with Crippen molar-refractivity contribution in [2.24, 2.45) is 0 Å². The van der Waals surface area contributed by atoms with Crippen molar-refractivity contribution in [3.63, 3.8) is 0 Å². The summed E-state index contributed by atoms with van der Waals surface area (Å²) >= 11 is 0. The molecule has 0 radical (unpaired) electrons. The molecule has 16 heavy (non-hydrogen) atoms. The van der Waals surface area contributed by atoms with E-state index in [1.807, 2.05) is 6.92 Å². The van der Waals surface area contributed by atoms with Gasteiger partial charge in [0.05, 0.1) is 0 Å². The molecule has 1 aliphatic heterocycles. The summed E-state index contributed by atoms with van der Waals surface area (Å²) in [6.07, 6.45) is -6.91. The molecule has 0 spiro atoms. The Morgan fingerprint density at radius 1 is 1.25 bits per heavy atom. The van der Waals surface area contributed by atoms with Crippen LogP contribution in [0.5, 0.6) is 0 Å². The van der Waals surface area contributed by atoms with Gasteiger partial charge in [-0.25, -0.2) is 4.79 Å². The molecule has 1 saturated heterocycles. The largest absolute Gasteiger partial charge is 0.479 e. The molecule has 0 saturated carbocycles. The first kappa shape index (κ1) is 13.3. The zero-order chi connectivity index (χ0) is 12.3. The van der Waals surface area contributed by atoms with Crippen LogP contribution in [0.1, 0.15) is 13.3 Å². The number of aliphatic carboxylic acids is 1. The fourth-order valence-electron chi connectivity index (χ4n) is 1.42. The van der Waals surface area contributed by atoms with E-state index in [1.54, 1.807) is 0 Å². The third-order valence-electron chi connectivity index (χ3n) is 2.30. The van der Waals surface area contributed by atoms with Gasteiger partial charge in [0.1, 0.15) is 18.3 Å². The average molecular weight is 236 g/mol. The van der Waals surface area contributed by atoms with Crippen LogP contribution in [0.3, 0.4) is 0 Å². The smallest absolute Gasteiger partial charge is 0.335 e. The van der Waals surface area contributed by atoms with Gasteiger partial charge in [-0.05, 0) is 6.42 Å². The number of hydrogen-bond acceptors (Lipinski definition) is 6. The second kappa shape index (κ2) is 5.55. The predicted octanol–water partition coefficient (Wildman–Crippen LogP) is -1.69. The number of hydrogen-bond donors (Lipinski definition) is 4. The zero-order valence-electron chi connectivity index (χ0n) is 8.81. The lowest BCUT2D eigenvalue weighted by Crippen LogP contribution is -2.60. The summed E-state index contributed by atoms with van der Waals surface area (Å²) in [6, 6.07) is 0. The molecule has 0 bridgehead atoms. The molecule has 7 nitrogen and oxygen atoms in total. The quantitative estimate of drug-likeness (QED) is 0.460. The van der Waals surface area contributed by atoms with E-state index >= 15 is 0 Å². The van der Waals surface area contributed by atoms with Crippen molar-refractivity contribution >= 4 is 5.97 Å². The highest BCUT2D eigenvalue weighted by Gasteiger charge is 2.47. The molecule has 3 unspecified atom stereocenters. The highest BCUT2D eigenvalue weighted by atomic mass is 16.7. The minimum absolute atomic E-state index is 0.261. The molecule has 1 heterocycles. The van der Waals surface area contributed by atoms with Gasteiger partial charge in [0.15, 0.2) is 12.4 Å². The Labute approximate surface area is 92.2 Å². The van der Waals surface area contributed by atoms with Gasteiger partial charge in [-0.1, -0.05) is 6.92 Å². The number of aliphatic hydroxyl groups excluding tert-OH is 3. The van der Waals surface area contributed by atoms with Crippen LogP contribution in [0.25, 0.3) is 0 Å². The lowest BCUT2D eigenvalue weighted by Gasteiger charge is -2.38. The first-order valence-electron chi connectivity index (χ1n) is 5.03. The monoisotopic (exact) mass is 236 g/mol. The van der Waals surface area contributed by atoms with E-state index in [-0.39, 0.29) is 6.61 Å². The van der Waals surface area contributed by atoms with E-state index in [0.29, 0.717) is 6.42 Å². The van der Waals surface area contributed by atoms with Gasteiger partial charge < -0.3 is 29.9 Å². The number of ether oxygens (including phenoxy) is 2. The third-order valence-corrected chi connectivity index (χ3v) is 2.30. The Kier molecular flexibility index (Phi) is 4.63. The van der Waals surface area contributed by atoms with E-state index in [1.165, 1.54) is 0 Å². The highest BCUT2D eigenvalue weighted by Crippen LogP contribution is 2.22. The minimum Gasteiger partial charge on any atom is -0.479 e. The van der Waals surface area contributed by atoms with Gasteiger partial charge in [-0.15, -0.1) is 0 Å². The first-order valence-corrected chi connectivity index (χ1v) is 5.03. The molecule has 94 valence electrons. The van der Waals surface area contributed by atoms with E-state index in [4.69, 9.17) is 14.6 Å². The lowest BCUT2D eigenvalue weighted by molar-refractivity contribution is -0.293. The molecule has 5 atom stereocenters. The molecule has 1 rings (SSSR count). The van der Waals surface area contributed by atoms with E-state index in [2.05, 4.69) is 0 Å². The second-order valence-electron chi connectivity index (χ2n) is 3.61. The van der Waals surface area contributed by atoms with Gasteiger partial charge in [-0.3, -0.25) is 0 Å². The highest BCUT2D eigenvalue weighted by molar-refractivity contribution is 5.73. The lowest BCUT2D eigenvalue weighted by atomic mass is 9.99. The molecule has 1 aliphatic rings. The van der Waals surface area contributed by atoms with Crippen LogP contribution in [0.15, 0.2) is 0 Å². The van der Waals surface area contributed by atoms with Crippen molar-refractivity contribution in [2.45, 2.75) is 44.1 Å². The van der Waals surface area contributed by atoms with Crippen LogP contribution in [-0.4, -0.2) is 63.7 Å². The molecule has 7 heteroatoms. The normalized spacial score (nSPS) is 39.6. The van der Waals surface area contributed by atoms with Crippen LogP contribution < -0.4 is 0 Å². The number of rotatable bonds is 4. The van der Waals surface area contributed by atoms with Gasteiger partial charge in [0.25, 0.3) is 0 Å². The van der Waals surface area contributed by atoms with E-state index in [9.17, 15) is 20.1 Å². The fraction of sp³-hybridized carbons (Fsp3) is 0.889. The topological polar surface area (TPSA) is 116 Å². The summed E-state index contributed by atoms with van der Waals surface area (Å²) in [7, 11) is 0. The Bertz CT molecular complexity index is 244. The van der Waals surface area contributed by atoms with E-state index in [0.717, 1.165) is 0 Å². The third kappa shape index (κ3) is 2.69. The van der Waals surface area contributed by atoms with Crippen molar-refractivity contribution in [1.29, 1.82) is 0 Å². The van der Waals surface area contributed by atoms with E-state index < -0.39 is 36.7 Å². The maximum absolute atomic E-state index is 10.7. The number of carboxylic acids is 1. The molecule has 0 amide bonds. The molecule has 0 aromatic carbocycles. The molecule has 4 N–H and O–H groups in total. The predicted molar refractivity (Wildman–Crippen MR) is 50.6 cm³/mol. The number of aliphatic hydroxyl groups is 3. The number of carboxylic acid groups (broad SMARTS) is 1. The summed E-state index contributed by atoms with van der Waals surface area (Å²) in [6.45, 7) is 2.09. The van der Waals surface area contributed by atoms with Crippen molar-refractivity contribution in [3.8, 4) is 0 Å². The molecular weight excluding hydrogens is 220 g/mol. The van der Waals surface area contributed by atoms with Crippen molar-refractivity contribution < 1.29 is 34.7 Å². The maximum atomic E-state index is 10.7. The minimum atomic E-state index is -1.67. The van der Waals surface area contributed by atoms with Crippen LogP contribution >= 0.6 is 0 Å². The van der Waals surface area contributed by atoms with Crippen molar-refractivity contribution in [1.82, 2.24) is 0 Å². The summed E-state index contributed by atoms with van der Waals surface area (Å²) in [5, 5.41) is 37.0. The van der Waals surface area contributed by atoms with Crippen LogP contribution in [0, 0.1) is 0 Å². The van der Waals surface area contributed by atoms with Crippen LogP contribution in [0.2, 0.25) is 0 Å². The van der Waals surface area contributed by atoms with Gasteiger partial charge >= 0.3 is 5.97 Å². The summed E-state index contributed by atoms with van der Waals surface area (Å²) in [5.41, 5.74) is 0. The number of carbonyl (C=O) groups is 1. The molecule has 1 fully saturated rings. The van der Waals surface area contributed by atoms with Gasteiger partial charge in [0, 0.05) is 6.61 Å². The second-order valence-corrected chi connectivity index (χ2v) is 3.61. The van der Waals surface area contributed by atoms with Crippen LogP contribution in [0.4, 0.5) is 0 Å². The van der Waals surface area contributed by atoms with Crippen molar-refractivity contribution in [3.05, 3.63) is 0 Å². The van der Waals surface area contributed by atoms with Gasteiger partial charge in [0.2, 0.25) is 0 Å². The molecular formula is C9H16O7. The first-order chi connectivity index (χ1) is 7.49. The standard InChI is InChI=1S/C9H16O7/c1-2-3-15-9-6(12)4(10)5(11)7(16-9)8(13)14/h4-7,9-12H,2-3H2,1H3,(H,13,14)/t4?,5-,6?,7?,9+/m0/s1. The fourth-order valence-corrected chi connectivity index (χ4v) is 1.42. The maximum Gasteiger partial charge on any atom is 0.335 e. The Morgan fingerprint density at radius 2 is 1.88 bits per heavy atom. The Hall–Kier alpha value is -0.730. The molecule has 0 aromatic heterocycles. The Morgan fingerprint density at radius 3 is 2.38 bits per heavy atom. The summed E-state index contributed by atoms with van der Waals surface area (Å²) in [4.78, 5) is 10.7.